The van der Waals surface area contributed by atoms with Gasteiger partial charge in [0.1, 0.15) is 23.0 Å². The van der Waals surface area contributed by atoms with Crippen molar-refractivity contribution in [3.05, 3.63) is 94.6 Å². The van der Waals surface area contributed by atoms with E-state index in [1.807, 2.05) is 25.3 Å². The van der Waals surface area contributed by atoms with Crippen molar-refractivity contribution in [3.8, 4) is 5.75 Å². The van der Waals surface area contributed by atoms with Gasteiger partial charge in [-0.1, -0.05) is 97.1 Å². The minimum atomic E-state index is 0.597. The van der Waals surface area contributed by atoms with Gasteiger partial charge in [0.2, 0.25) is 0 Å². The molecule has 1 heterocycles. The van der Waals surface area contributed by atoms with Gasteiger partial charge in [0.15, 0.2) is 5.84 Å². The molecule has 0 bridgehead atoms. The number of anilines is 2. The fraction of sp³-hybridized carbons (Fsp3) is 0.512. The number of aromatic nitrogens is 1. The van der Waals surface area contributed by atoms with Crippen LogP contribution in [0.15, 0.2) is 77.2 Å². The van der Waals surface area contributed by atoms with Gasteiger partial charge >= 0.3 is 0 Å². The summed E-state index contributed by atoms with van der Waals surface area (Å²) in [5, 5.41) is 3.63. The molecule has 0 aliphatic rings. The van der Waals surface area contributed by atoms with Crippen LogP contribution in [0.25, 0.3) is 0 Å². The molecule has 0 spiro atoms. The molecule has 0 aliphatic heterocycles. The van der Waals surface area contributed by atoms with Gasteiger partial charge in [-0.2, -0.15) is 0 Å². The molecule has 1 aromatic heterocycles. The van der Waals surface area contributed by atoms with Crippen LogP contribution in [0.2, 0.25) is 0 Å². The van der Waals surface area contributed by atoms with E-state index in [4.69, 9.17) is 14.7 Å². The Balaban J connectivity index is 2.47. The molecule has 0 saturated carbocycles. The second kappa shape index (κ2) is 21.2. The summed E-state index contributed by atoms with van der Waals surface area (Å²) >= 11 is 0. The molecule has 0 fully saturated rings. The lowest BCUT2D eigenvalue weighted by atomic mass is 10.1. The van der Waals surface area contributed by atoms with Crippen LogP contribution < -0.4 is 15.0 Å². The zero-order valence-corrected chi connectivity index (χ0v) is 30.7. The van der Waals surface area contributed by atoms with Crippen LogP contribution in [0.4, 0.5) is 11.5 Å². The van der Waals surface area contributed by atoms with Crippen LogP contribution in [0.3, 0.4) is 0 Å². The Hall–Kier alpha value is -3.60. The topological polar surface area (TPSA) is 49.8 Å². The minimum absolute atomic E-state index is 0.597. The van der Waals surface area contributed by atoms with Crippen molar-refractivity contribution >= 4 is 17.3 Å². The SMILES string of the molecule is C\C=C(/C=C\C(=C\CC)CC)Oc1ccc(NC(=N/C=C/CCC)c2nc(N(CCCCC)CC(C)CC)c(C)cc2C)cc1C. The second-order valence-electron chi connectivity index (χ2n) is 12.4. The smallest absolute Gasteiger partial charge is 0.156 e. The molecule has 1 atom stereocenters. The van der Waals surface area contributed by atoms with E-state index in [1.54, 1.807) is 0 Å². The number of hydrogen-bond donors (Lipinski definition) is 1. The van der Waals surface area contributed by atoms with Crippen LogP contribution in [0.1, 0.15) is 122 Å². The van der Waals surface area contributed by atoms with E-state index in [9.17, 15) is 0 Å². The number of unbranched alkanes of at least 4 members (excludes halogenated alkanes) is 3. The Kier molecular flexibility index (Phi) is 17.8. The maximum atomic E-state index is 6.32. The molecule has 1 unspecified atom stereocenters. The number of nitrogens with zero attached hydrogens (tertiary/aromatic N) is 3. The van der Waals surface area contributed by atoms with Crippen molar-refractivity contribution in [3.63, 3.8) is 0 Å². The normalized spacial score (nSPS) is 13.6. The molecule has 1 N–H and O–H groups in total. The Bertz CT molecular complexity index is 1360. The molecule has 46 heavy (non-hydrogen) atoms. The van der Waals surface area contributed by atoms with Gasteiger partial charge in [-0.05, 0) is 106 Å². The van der Waals surface area contributed by atoms with Crippen LogP contribution in [-0.4, -0.2) is 23.9 Å². The molecule has 0 saturated heterocycles. The molecular weight excluding hydrogens is 564 g/mol. The first-order valence-electron chi connectivity index (χ1n) is 17.8. The highest BCUT2D eigenvalue weighted by atomic mass is 16.5. The van der Waals surface area contributed by atoms with Gasteiger partial charge in [0, 0.05) is 25.0 Å². The van der Waals surface area contributed by atoms with Gasteiger partial charge in [-0.3, -0.25) is 0 Å². The fourth-order valence-corrected chi connectivity index (χ4v) is 5.24. The quantitative estimate of drug-likeness (QED) is 0.0554. The summed E-state index contributed by atoms with van der Waals surface area (Å²) in [6.45, 7) is 23.8. The lowest BCUT2D eigenvalue weighted by Crippen LogP contribution is -2.32. The van der Waals surface area contributed by atoms with Crippen molar-refractivity contribution in [2.24, 2.45) is 10.9 Å². The maximum Gasteiger partial charge on any atom is 0.156 e. The van der Waals surface area contributed by atoms with Crippen LogP contribution in [0, 0.1) is 26.7 Å². The van der Waals surface area contributed by atoms with E-state index in [-0.39, 0.29) is 0 Å². The summed E-state index contributed by atoms with van der Waals surface area (Å²) in [6, 6.07) is 8.48. The first-order chi connectivity index (χ1) is 22.2. The Labute approximate surface area is 281 Å². The highest BCUT2D eigenvalue weighted by Gasteiger charge is 2.19. The first kappa shape index (κ1) is 38.6. The predicted octanol–water partition coefficient (Wildman–Crippen LogP) is 11.8. The van der Waals surface area contributed by atoms with Gasteiger partial charge in [0.25, 0.3) is 0 Å². The van der Waals surface area contributed by atoms with Crippen molar-refractivity contribution in [2.75, 3.05) is 23.3 Å². The summed E-state index contributed by atoms with van der Waals surface area (Å²) in [7, 11) is 0. The van der Waals surface area contributed by atoms with E-state index in [0.29, 0.717) is 5.92 Å². The number of ether oxygens (including phenoxy) is 1. The summed E-state index contributed by atoms with van der Waals surface area (Å²) in [4.78, 5) is 12.8. The number of hydrogen-bond acceptors (Lipinski definition) is 4. The van der Waals surface area contributed by atoms with Crippen LogP contribution in [-0.2, 0) is 0 Å². The monoisotopic (exact) mass is 626 g/mol. The number of allylic oxidation sites excluding steroid dienone is 6. The van der Waals surface area contributed by atoms with E-state index in [1.165, 1.54) is 30.4 Å². The van der Waals surface area contributed by atoms with Crippen molar-refractivity contribution in [1.82, 2.24) is 4.98 Å². The molecule has 1 aromatic carbocycles. The third-order valence-electron chi connectivity index (χ3n) is 8.21. The maximum absolute atomic E-state index is 6.32. The number of rotatable bonds is 19. The Morgan fingerprint density at radius 3 is 2.39 bits per heavy atom. The molecule has 2 aromatic rings. The predicted molar refractivity (Wildman–Crippen MR) is 202 cm³/mol. The molecule has 252 valence electrons. The van der Waals surface area contributed by atoms with E-state index >= 15 is 0 Å². The summed E-state index contributed by atoms with van der Waals surface area (Å²) in [6.07, 6.45) is 21.4. The lowest BCUT2D eigenvalue weighted by molar-refractivity contribution is 0.440. The molecule has 5 nitrogen and oxygen atoms in total. The highest BCUT2D eigenvalue weighted by molar-refractivity contribution is 6.08. The lowest BCUT2D eigenvalue weighted by Gasteiger charge is -2.29. The minimum Gasteiger partial charge on any atom is -0.457 e. The highest BCUT2D eigenvalue weighted by Crippen LogP contribution is 2.27. The van der Waals surface area contributed by atoms with Crippen LogP contribution in [0.5, 0.6) is 5.75 Å². The molecule has 5 heteroatoms. The van der Waals surface area contributed by atoms with Gasteiger partial charge in [-0.25, -0.2) is 9.98 Å². The van der Waals surface area contributed by atoms with Crippen molar-refractivity contribution < 1.29 is 4.74 Å². The number of aryl methyl sites for hydroxylation is 3. The van der Waals surface area contributed by atoms with Crippen molar-refractivity contribution in [1.29, 1.82) is 0 Å². The molecule has 0 amide bonds. The number of pyridine rings is 1. The fourth-order valence-electron chi connectivity index (χ4n) is 5.24. The summed E-state index contributed by atoms with van der Waals surface area (Å²) in [5.41, 5.74) is 6.52. The molecule has 0 radical (unpaired) electrons. The third kappa shape index (κ3) is 12.7. The Morgan fingerprint density at radius 2 is 1.76 bits per heavy atom. The summed E-state index contributed by atoms with van der Waals surface area (Å²) in [5.74, 6) is 4.08. The first-order valence-corrected chi connectivity index (χ1v) is 17.8. The zero-order valence-electron chi connectivity index (χ0n) is 30.7. The van der Waals surface area contributed by atoms with E-state index in [0.717, 1.165) is 90.9 Å². The molecule has 0 aliphatic carbocycles. The zero-order chi connectivity index (χ0) is 33.9. The van der Waals surface area contributed by atoms with Crippen molar-refractivity contribution in [2.45, 2.75) is 121 Å². The van der Waals surface area contributed by atoms with Gasteiger partial charge in [0.05, 0.1) is 0 Å². The molecule has 2 rings (SSSR count). The number of amidine groups is 1. The third-order valence-corrected chi connectivity index (χ3v) is 8.21. The average molecular weight is 627 g/mol. The van der Waals surface area contributed by atoms with Gasteiger partial charge < -0.3 is 15.0 Å². The average Bonchev–Trinajstić information content (AvgIpc) is 3.04. The van der Waals surface area contributed by atoms with E-state index in [2.05, 4.69) is 115 Å². The summed E-state index contributed by atoms with van der Waals surface area (Å²) < 4.78 is 6.32. The van der Waals surface area contributed by atoms with E-state index < -0.39 is 0 Å². The standard InChI is InChI=1S/C41H62N4O/c1-11-17-19-26-42-40(39-33(9)28-34(10)41(44-39)45(27-20-18-12-2)30-31(7)14-4)43-36-23-25-38(32(8)29-36)46-37(16-6)24-22-35(15-5)21-13-3/h16,19,21-26,28-29,31H,11-15,17-18,20,27,30H2,1-10H3,(H,42,43)/b24-22-,26-19+,35-21+,37-16+. The largest absolute Gasteiger partial charge is 0.457 e. The number of aliphatic imine (C=N–C) groups is 1. The number of benzene rings is 1. The van der Waals surface area contributed by atoms with Gasteiger partial charge in [-0.15, -0.1) is 0 Å². The second-order valence-corrected chi connectivity index (χ2v) is 12.4. The molecular formula is C41H62N4O. The van der Waals surface area contributed by atoms with Crippen LogP contribution >= 0.6 is 0 Å². The number of nitrogens with one attached hydrogen (secondary N) is 1. The Morgan fingerprint density at radius 1 is 0.978 bits per heavy atom.